The highest BCUT2D eigenvalue weighted by molar-refractivity contribution is 8.26. The van der Waals surface area contributed by atoms with Crippen molar-refractivity contribution >= 4 is 51.4 Å². The Bertz CT molecular complexity index is 1440. The predicted octanol–water partition coefficient (Wildman–Crippen LogP) is 5.75. The molecule has 170 valence electrons. The van der Waals surface area contributed by atoms with Crippen LogP contribution in [0.3, 0.4) is 0 Å². The van der Waals surface area contributed by atoms with Gasteiger partial charge in [0.15, 0.2) is 5.84 Å². The molecule has 3 aromatic rings. The molecule has 34 heavy (non-hydrogen) atoms. The summed E-state index contributed by atoms with van der Waals surface area (Å²) in [4.78, 5) is 17.0. The Morgan fingerprint density at radius 3 is 2.65 bits per heavy atom. The van der Waals surface area contributed by atoms with E-state index in [-0.39, 0.29) is 16.4 Å². The minimum atomic E-state index is -0.485. The van der Waals surface area contributed by atoms with Gasteiger partial charge in [-0.3, -0.25) is 10.2 Å². The van der Waals surface area contributed by atoms with E-state index in [1.165, 1.54) is 22.8 Å². The largest absolute Gasteiger partial charge is 0.318 e. The fourth-order valence-electron chi connectivity index (χ4n) is 3.98. The van der Waals surface area contributed by atoms with E-state index in [2.05, 4.69) is 10.1 Å². The predicted molar refractivity (Wildman–Crippen MR) is 135 cm³/mol. The molecule has 2 aliphatic heterocycles. The van der Waals surface area contributed by atoms with Crippen LogP contribution in [0.5, 0.6) is 0 Å². The van der Waals surface area contributed by atoms with E-state index < -0.39 is 11.7 Å². The van der Waals surface area contributed by atoms with Gasteiger partial charge in [-0.05, 0) is 67.1 Å². The van der Waals surface area contributed by atoms with Crippen LogP contribution in [-0.4, -0.2) is 31.5 Å². The maximum atomic E-state index is 13.6. The lowest BCUT2D eigenvalue weighted by molar-refractivity contribution is -0.114. The van der Waals surface area contributed by atoms with E-state index in [0.717, 1.165) is 27.6 Å². The molecule has 0 aliphatic carbocycles. The van der Waals surface area contributed by atoms with Gasteiger partial charge in [-0.1, -0.05) is 41.9 Å². The van der Waals surface area contributed by atoms with Crippen LogP contribution in [0, 0.1) is 25.1 Å². The smallest absolute Gasteiger partial charge is 0.283 e. The Hall–Kier alpha value is -3.49. The minimum absolute atomic E-state index is 0.0137. The van der Waals surface area contributed by atoms with Crippen LogP contribution in [-0.2, 0) is 11.2 Å². The van der Waals surface area contributed by atoms with Gasteiger partial charge in [0.05, 0.1) is 10.6 Å². The number of thioether (sulfide) groups is 1. The summed E-state index contributed by atoms with van der Waals surface area (Å²) in [5.41, 5.74) is 4.42. The number of amidine groups is 2. The van der Waals surface area contributed by atoms with Gasteiger partial charge < -0.3 is 4.57 Å². The maximum Gasteiger partial charge on any atom is 0.283 e. The standard InChI is InChI=1S/C25H19ClFN5OS/c1-14-10-17(15(2)31(14)18-8-9-21(27)20(26)13-18)12-19-23(28)32-25(29-24(19)33)34-22(30-32)11-16-6-4-3-5-7-16/h3-10,12-13,28H,11H2,1-2H3/b19-12+,28-23?. The molecule has 9 heteroatoms. The number of benzene rings is 2. The zero-order valence-corrected chi connectivity index (χ0v) is 19.9. The van der Waals surface area contributed by atoms with E-state index in [4.69, 9.17) is 17.0 Å². The van der Waals surface area contributed by atoms with Gasteiger partial charge in [0, 0.05) is 23.5 Å². The number of nitrogens with zero attached hydrogens (tertiary/aromatic N) is 4. The number of carbonyl (C=O) groups is 1. The molecule has 1 aromatic heterocycles. The summed E-state index contributed by atoms with van der Waals surface area (Å²) >= 11 is 7.28. The van der Waals surface area contributed by atoms with Crippen LogP contribution >= 0.6 is 23.4 Å². The molecular weight excluding hydrogens is 473 g/mol. The molecule has 2 aromatic carbocycles. The van der Waals surface area contributed by atoms with Gasteiger partial charge >= 0.3 is 0 Å². The Balaban J connectivity index is 1.47. The lowest BCUT2D eigenvalue weighted by Gasteiger charge is -2.20. The zero-order valence-electron chi connectivity index (χ0n) is 18.3. The summed E-state index contributed by atoms with van der Waals surface area (Å²) in [6.45, 7) is 3.80. The van der Waals surface area contributed by atoms with Gasteiger partial charge in [-0.2, -0.15) is 15.1 Å². The molecule has 1 N–H and O–H groups in total. The van der Waals surface area contributed by atoms with E-state index in [1.807, 2.05) is 54.8 Å². The van der Waals surface area contributed by atoms with Crippen molar-refractivity contribution in [2.24, 2.45) is 10.1 Å². The van der Waals surface area contributed by atoms with Gasteiger partial charge in [-0.15, -0.1) is 0 Å². The van der Waals surface area contributed by atoms with Gasteiger partial charge in [0.1, 0.15) is 10.9 Å². The molecule has 0 unspecified atom stereocenters. The number of nitrogens with one attached hydrogen (secondary N) is 1. The molecule has 2 aliphatic rings. The maximum absolute atomic E-state index is 13.6. The number of carbonyl (C=O) groups excluding carboxylic acids is 1. The summed E-state index contributed by atoms with van der Waals surface area (Å²) in [5.74, 6) is -0.976. The van der Waals surface area contributed by atoms with Gasteiger partial charge in [0.2, 0.25) is 5.17 Å². The number of hydrogen-bond donors (Lipinski definition) is 1. The molecule has 1 amide bonds. The van der Waals surface area contributed by atoms with Crippen molar-refractivity contribution in [3.05, 3.63) is 93.5 Å². The van der Waals surface area contributed by atoms with E-state index in [1.54, 1.807) is 18.2 Å². The summed E-state index contributed by atoms with van der Waals surface area (Å²) in [6, 6.07) is 16.3. The lowest BCUT2D eigenvalue weighted by Crippen LogP contribution is -2.35. The molecule has 5 rings (SSSR count). The van der Waals surface area contributed by atoms with E-state index in [0.29, 0.717) is 17.3 Å². The summed E-state index contributed by atoms with van der Waals surface area (Å²) in [5, 5.41) is 15.8. The monoisotopic (exact) mass is 491 g/mol. The summed E-state index contributed by atoms with van der Waals surface area (Å²) in [6.07, 6.45) is 2.26. The Morgan fingerprint density at radius 1 is 1.15 bits per heavy atom. The zero-order chi connectivity index (χ0) is 24.0. The second-order valence-electron chi connectivity index (χ2n) is 7.94. The van der Waals surface area contributed by atoms with Crippen LogP contribution < -0.4 is 0 Å². The van der Waals surface area contributed by atoms with E-state index in [9.17, 15) is 9.18 Å². The fourth-order valence-corrected chi connectivity index (χ4v) is 5.08. The molecular formula is C25H19ClFN5OS. The average Bonchev–Trinajstić information content (AvgIpc) is 3.33. The first-order chi connectivity index (χ1) is 16.3. The number of hydrogen-bond acceptors (Lipinski definition) is 4. The highest BCUT2D eigenvalue weighted by Crippen LogP contribution is 2.31. The molecule has 6 nitrogen and oxygen atoms in total. The first-order valence-corrected chi connectivity index (χ1v) is 11.7. The van der Waals surface area contributed by atoms with Crippen LogP contribution in [0.15, 0.2) is 70.3 Å². The number of hydrazone groups is 1. The molecule has 0 saturated carbocycles. The van der Waals surface area contributed by atoms with Gasteiger partial charge in [0.25, 0.3) is 5.91 Å². The number of aliphatic imine (C=N–C) groups is 1. The van der Waals surface area contributed by atoms with Crippen LogP contribution in [0.1, 0.15) is 22.5 Å². The quantitative estimate of drug-likeness (QED) is 0.472. The third-order valence-electron chi connectivity index (χ3n) is 5.63. The molecule has 0 fully saturated rings. The molecule has 0 radical (unpaired) electrons. The number of amides is 1. The van der Waals surface area contributed by atoms with Crippen LogP contribution in [0.25, 0.3) is 11.8 Å². The van der Waals surface area contributed by atoms with Crippen LogP contribution in [0.4, 0.5) is 4.39 Å². The molecule has 0 saturated heterocycles. The third-order valence-corrected chi connectivity index (χ3v) is 6.82. The number of fused-ring (bicyclic) bond motifs is 1. The van der Waals surface area contributed by atoms with Crippen molar-refractivity contribution in [2.45, 2.75) is 20.3 Å². The van der Waals surface area contributed by atoms with Crippen molar-refractivity contribution in [1.82, 2.24) is 9.58 Å². The Labute approximate surface area is 205 Å². The van der Waals surface area contributed by atoms with E-state index >= 15 is 0 Å². The average molecular weight is 492 g/mol. The Morgan fingerprint density at radius 2 is 1.91 bits per heavy atom. The van der Waals surface area contributed by atoms with Crippen molar-refractivity contribution < 1.29 is 9.18 Å². The second-order valence-corrected chi connectivity index (χ2v) is 9.38. The van der Waals surface area contributed by atoms with Crippen LogP contribution in [0.2, 0.25) is 5.02 Å². The molecule has 0 spiro atoms. The minimum Gasteiger partial charge on any atom is -0.318 e. The van der Waals surface area contributed by atoms with Crippen molar-refractivity contribution in [1.29, 1.82) is 5.41 Å². The van der Waals surface area contributed by atoms with Crippen molar-refractivity contribution in [3.63, 3.8) is 0 Å². The topological polar surface area (TPSA) is 73.8 Å². The highest BCUT2D eigenvalue weighted by Gasteiger charge is 2.35. The number of aryl methyl sites for hydroxylation is 1. The summed E-state index contributed by atoms with van der Waals surface area (Å²) < 4.78 is 15.6. The second kappa shape index (κ2) is 8.70. The highest BCUT2D eigenvalue weighted by atomic mass is 35.5. The van der Waals surface area contributed by atoms with Crippen molar-refractivity contribution in [2.75, 3.05) is 0 Å². The fraction of sp³-hybridized carbons (Fsp3) is 0.120. The lowest BCUT2D eigenvalue weighted by atomic mass is 10.1. The first-order valence-electron chi connectivity index (χ1n) is 10.5. The molecule has 0 atom stereocenters. The number of rotatable bonds is 4. The first kappa shape index (κ1) is 22.3. The SMILES string of the molecule is Cc1cc(/C=C2\C(=N)N3N=C(Cc4ccccc4)SC3=NC2=O)c(C)n1-c1ccc(F)c(Cl)c1. The number of aromatic nitrogens is 1. The van der Waals surface area contributed by atoms with Gasteiger partial charge in [-0.25, -0.2) is 4.39 Å². The molecule has 0 bridgehead atoms. The summed E-state index contributed by atoms with van der Waals surface area (Å²) in [7, 11) is 0. The number of halogens is 2. The molecule has 3 heterocycles. The Kier molecular flexibility index (Phi) is 5.71. The normalized spacial score (nSPS) is 16.7. The third kappa shape index (κ3) is 3.99. The van der Waals surface area contributed by atoms with Crippen molar-refractivity contribution in [3.8, 4) is 5.69 Å².